The Morgan fingerprint density at radius 3 is 1.58 bits per heavy atom. The first-order valence-electron chi connectivity index (χ1n) is 11.6. The Balaban J connectivity index is 2.14. The summed E-state index contributed by atoms with van der Waals surface area (Å²) in [5.41, 5.74) is -0.261. The number of hydrogen-bond donors (Lipinski definition) is 0. The fraction of sp³-hybridized carbons (Fsp3) is 0.286. The van der Waals surface area contributed by atoms with Gasteiger partial charge in [0.05, 0.1) is 48.1 Å². The lowest BCUT2D eigenvalue weighted by molar-refractivity contribution is -0.138. The summed E-state index contributed by atoms with van der Waals surface area (Å²) in [6, 6.07) is 15.6. The summed E-state index contributed by atoms with van der Waals surface area (Å²) in [5, 5.41) is 0. The summed E-state index contributed by atoms with van der Waals surface area (Å²) < 4.78 is 90.8. The third-order valence-corrected chi connectivity index (χ3v) is 5.60. The number of ether oxygens (including phenoxy) is 2. The standard InChI is InChI=1S/C28H26F6N2O2/c1-4-25(35-21-12-19(27(29,30)31)14-23(16-21)37-2)26(11-10-18-8-6-5-7-9-18)36-22-13-20(28(32,33)34)15-24(17-22)38-3/h5-9,12-17H,4,10-11H2,1-3H3. The summed E-state index contributed by atoms with van der Waals surface area (Å²) in [7, 11) is 2.50. The van der Waals surface area contributed by atoms with Crippen molar-refractivity contribution in [2.75, 3.05) is 14.2 Å². The Kier molecular flexibility index (Phi) is 9.19. The molecule has 38 heavy (non-hydrogen) atoms. The molecule has 0 saturated heterocycles. The van der Waals surface area contributed by atoms with Gasteiger partial charge in [-0.2, -0.15) is 26.3 Å². The Labute approximate surface area is 216 Å². The normalized spacial score (nSPS) is 13.0. The van der Waals surface area contributed by atoms with Gasteiger partial charge in [-0.05, 0) is 49.1 Å². The van der Waals surface area contributed by atoms with Crippen molar-refractivity contribution in [3.8, 4) is 11.5 Å². The largest absolute Gasteiger partial charge is 0.497 e. The van der Waals surface area contributed by atoms with E-state index in [9.17, 15) is 26.3 Å². The molecular weight excluding hydrogens is 510 g/mol. The predicted molar refractivity (Wildman–Crippen MR) is 135 cm³/mol. The molecule has 0 aliphatic rings. The molecule has 3 aromatic rings. The van der Waals surface area contributed by atoms with Crippen LogP contribution in [0.15, 0.2) is 76.7 Å². The van der Waals surface area contributed by atoms with Crippen LogP contribution < -0.4 is 9.47 Å². The molecule has 0 fully saturated rings. The van der Waals surface area contributed by atoms with Crippen LogP contribution in [0.25, 0.3) is 0 Å². The van der Waals surface area contributed by atoms with Crippen LogP contribution >= 0.6 is 0 Å². The Bertz CT molecular complexity index is 1300. The molecule has 0 spiro atoms. The van der Waals surface area contributed by atoms with Crippen molar-refractivity contribution >= 4 is 22.8 Å². The van der Waals surface area contributed by atoms with E-state index in [0.717, 1.165) is 29.8 Å². The van der Waals surface area contributed by atoms with Gasteiger partial charge in [0.1, 0.15) is 11.5 Å². The number of hydrogen-bond acceptors (Lipinski definition) is 4. The van der Waals surface area contributed by atoms with E-state index in [1.165, 1.54) is 26.4 Å². The SMILES string of the molecule is CCC(=Nc1cc(OC)cc(C(F)(F)F)c1)C(CCc1ccccc1)=Nc1cc(OC)cc(C(F)(F)F)c1. The van der Waals surface area contributed by atoms with E-state index in [1.54, 1.807) is 6.92 Å². The molecule has 0 aromatic heterocycles. The summed E-state index contributed by atoms with van der Waals surface area (Å²) in [6.45, 7) is 1.74. The lowest BCUT2D eigenvalue weighted by Crippen LogP contribution is -2.14. The number of alkyl halides is 6. The van der Waals surface area contributed by atoms with Crippen molar-refractivity contribution in [3.63, 3.8) is 0 Å². The van der Waals surface area contributed by atoms with E-state index in [-0.39, 0.29) is 35.7 Å². The van der Waals surface area contributed by atoms with Gasteiger partial charge < -0.3 is 9.47 Å². The number of methoxy groups -OCH3 is 2. The minimum Gasteiger partial charge on any atom is -0.497 e. The van der Waals surface area contributed by atoms with Crippen molar-refractivity contribution in [1.82, 2.24) is 0 Å². The van der Waals surface area contributed by atoms with Gasteiger partial charge in [-0.15, -0.1) is 0 Å². The highest BCUT2D eigenvalue weighted by atomic mass is 19.4. The van der Waals surface area contributed by atoms with E-state index in [1.807, 2.05) is 30.3 Å². The quantitative estimate of drug-likeness (QED) is 0.203. The van der Waals surface area contributed by atoms with Crippen LogP contribution in [0.5, 0.6) is 11.5 Å². The first-order chi connectivity index (χ1) is 17.9. The van der Waals surface area contributed by atoms with Gasteiger partial charge in [0.2, 0.25) is 0 Å². The van der Waals surface area contributed by atoms with Crippen LogP contribution in [0.1, 0.15) is 36.5 Å². The lowest BCUT2D eigenvalue weighted by atomic mass is 10.0. The van der Waals surface area contributed by atoms with Gasteiger partial charge in [0, 0.05) is 12.1 Å². The minimum atomic E-state index is -4.63. The number of aryl methyl sites for hydroxylation is 1. The lowest BCUT2D eigenvalue weighted by Gasteiger charge is -2.14. The Morgan fingerprint density at radius 2 is 1.16 bits per heavy atom. The van der Waals surface area contributed by atoms with Crippen LogP contribution in [0, 0.1) is 0 Å². The zero-order valence-corrected chi connectivity index (χ0v) is 21.0. The fourth-order valence-corrected chi connectivity index (χ4v) is 3.69. The smallest absolute Gasteiger partial charge is 0.416 e. The third kappa shape index (κ3) is 7.84. The van der Waals surface area contributed by atoms with Crippen molar-refractivity contribution in [3.05, 3.63) is 83.4 Å². The number of nitrogens with zero attached hydrogens (tertiary/aromatic N) is 2. The van der Waals surface area contributed by atoms with Gasteiger partial charge >= 0.3 is 12.4 Å². The molecular formula is C28H26F6N2O2. The number of rotatable bonds is 9. The first kappa shape index (κ1) is 28.7. The highest BCUT2D eigenvalue weighted by Gasteiger charge is 2.32. The second-order valence-electron chi connectivity index (χ2n) is 8.29. The highest BCUT2D eigenvalue weighted by molar-refractivity contribution is 6.43. The average molecular weight is 537 g/mol. The summed E-state index contributed by atoms with van der Waals surface area (Å²) in [6.07, 6.45) is -8.21. The first-order valence-corrected chi connectivity index (χ1v) is 11.6. The van der Waals surface area contributed by atoms with E-state index in [2.05, 4.69) is 9.98 Å². The zero-order chi connectivity index (χ0) is 27.9. The maximum Gasteiger partial charge on any atom is 0.416 e. The van der Waals surface area contributed by atoms with Crippen molar-refractivity contribution in [2.45, 2.75) is 38.5 Å². The molecule has 3 aromatic carbocycles. The summed E-state index contributed by atoms with van der Waals surface area (Å²) >= 11 is 0. The minimum absolute atomic E-state index is 0.0115. The van der Waals surface area contributed by atoms with Crippen molar-refractivity contribution < 1.29 is 35.8 Å². The maximum absolute atomic E-state index is 13.5. The second kappa shape index (κ2) is 12.1. The van der Waals surface area contributed by atoms with Crippen LogP contribution in [0.3, 0.4) is 0 Å². The van der Waals surface area contributed by atoms with E-state index in [4.69, 9.17) is 9.47 Å². The van der Waals surface area contributed by atoms with Gasteiger partial charge in [0.15, 0.2) is 0 Å². The van der Waals surface area contributed by atoms with Gasteiger partial charge in [0.25, 0.3) is 0 Å². The summed E-state index contributed by atoms with van der Waals surface area (Å²) in [4.78, 5) is 8.92. The zero-order valence-electron chi connectivity index (χ0n) is 21.0. The predicted octanol–water partition coefficient (Wildman–Crippen LogP) is 8.63. The molecule has 0 bridgehead atoms. The van der Waals surface area contributed by atoms with Crippen LogP contribution in [-0.2, 0) is 18.8 Å². The van der Waals surface area contributed by atoms with E-state index < -0.39 is 23.5 Å². The molecule has 0 saturated carbocycles. The van der Waals surface area contributed by atoms with E-state index >= 15 is 0 Å². The molecule has 0 N–H and O–H groups in total. The van der Waals surface area contributed by atoms with E-state index in [0.29, 0.717) is 17.8 Å². The molecule has 0 radical (unpaired) electrons. The molecule has 10 heteroatoms. The van der Waals surface area contributed by atoms with Crippen LogP contribution in [0.2, 0.25) is 0 Å². The molecule has 0 amide bonds. The fourth-order valence-electron chi connectivity index (χ4n) is 3.69. The molecule has 0 aliphatic heterocycles. The molecule has 202 valence electrons. The second-order valence-corrected chi connectivity index (χ2v) is 8.29. The topological polar surface area (TPSA) is 43.2 Å². The number of halogens is 6. The summed E-state index contributed by atoms with van der Waals surface area (Å²) in [5.74, 6) is -0.0574. The molecule has 3 rings (SSSR count). The Hall–Kier alpha value is -3.82. The third-order valence-electron chi connectivity index (χ3n) is 5.60. The number of aliphatic imine (C=N–C) groups is 2. The molecule has 4 nitrogen and oxygen atoms in total. The van der Waals surface area contributed by atoms with Crippen LogP contribution in [-0.4, -0.2) is 25.6 Å². The monoisotopic (exact) mass is 536 g/mol. The highest BCUT2D eigenvalue weighted by Crippen LogP contribution is 2.36. The Morgan fingerprint density at radius 1 is 0.684 bits per heavy atom. The molecule has 0 unspecified atom stereocenters. The average Bonchev–Trinajstić information content (AvgIpc) is 2.88. The molecule has 0 atom stereocenters. The molecule has 0 heterocycles. The van der Waals surface area contributed by atoms with Gasteiger partial charge in [-0.25, -0.2) is 0 Å². The maximum atomic E-state index is 13.5. The van der Waals surface area contributed by atoms with Crippen LogP contribution in [0.4, 0.5) is 37.7 Å². The number of benzene rings is 3. The molecule has 0 aliphatic carbocycles. The van der Waals surface area contributed by atoms with Crippen molar-refractivity contribution in [1.29, 1.82) is 0 Å². The van der Waals surface area contributed by atoms with Gasteiger partial charge in [-0.3, -0.25) is 9.98 Å². The van der Waals surface area contributed by atoms with Crippen molar-refractivity contribution in [2.24, 2.45) is 9.98 Å². The van der Waals surface area contributed by atoms with Gasteiger partial charge in [-0.1, -0.05) is 37.3 Å².